The fourth-order valence-electron chi connectivity index (χ4n) is 3.05. The van der Waals surface area contributed by atoms with Crippen LogP contribution < -0.4 is 10.0 Å². The standard InChI is InChI=1S/C23H20ClF3N2O3S/c1-14-5-3-8-20(15(14)2)29-33(31,32)21-12-17(9-10-19(21)24)22(30)28-13-16-6-4-7-18(11-16)23(25,26)27/h3-12,29H,13H2,1-2H3,(H,28,30). The van der Waals surface area contributed by atoms with E-state index in [1.165, 1.54) is 24.3 Å². The van der Waals surface area contributed by atoms with Crippen molar-refractivity contribution in [3.63, 3.8) is 0 Å². The molecule has 0 aromatic heterocycles. The van der Waals surface area contributed by atoms with Gasteiger partial charge in [-0.3, -0.25) is 9.52 Å². The lowest BCUT2D eigenvalue weighted by Crippen LogP contribution is -2.23. The summed E-state index contributed by atoms with van der Waals surface area (Å²) in [5, 5.41) is 2.41. The average Bonchev–Trinajstić information content (AvgIpc) is 2.75. The number of alkyl halides is 3. The number of hydrogen-bond donors (Lipinski definition) is 2. The molecule has 0 saturated carbocycles. The Morgan fingerprint density at radius 2 is 1.70 bits per heavy atom. The third kappa shape index (κ3) is 5.85. The van der Waals surface area contributed by atoms with Gasteiger partial charge in [-0.1, -0.05) is 35.9 Å². The molecule has 2 N–H and O–H groups in total. The molecule has 0 aliphatic rings. The summed E-state index contributed by atoms with van der Waals surface area (Å²) in [6, 6.07) is 13.5. The topological polar surface area (TPSA) is 75.3 Å². The van der Waals surface area contributed by atoms with Gasteiger partial charge in [0.25, 0.3) is 15.9 Å². The van der Waals surface area contributed by atoms with Crippen molar-refractivity contribution in [2.75, 3.05) is 4.72 Å². The minimum absolute atomic E-state index is 0.00675. The van der Waals surface area contributed by atoms with E-state index in [0.717, 1.165) is 29.3 Å². The second-order valence-electron chi connectivity index (χ2n) is 7.38. The highest BCUT2D eigenvalue weighted by atomic mass is 35.5. The van der Waals surface area contributed by atoms with E-state index in [1.54, 1.807) is 19.1 Å². The number of aryl methyl sites for hydroxylation is 1. The van der Waals surface area contributed by atoms with Crippen LogP contribution >= 0.6 is 11.6 Å². The SMILES string of the molecule is Cc1cccc(NS(=O)(=O)c2cc(C(=O)NCc3cccc(C(F)(F)F)c3)ccc2Cl)c1C. The lowest BCUT2D eigenvalue weighted by molar-refractivity contribution is -0.137. The van der Waals surface area contributed by atoms with Gasteiger partial charge in [-0.05, 0) is 66.9 Å². The smallest absolute Gasteiger partial charge is 0.348 e. The Balaban J connectivity index is 1.81. The zero-order valence-electron chi connectivity index (χ0n) is 17.6. The zero-order valence-corrected chi connectivity index (χ0v) is 19.2. The number of anilines is 1. The van der Waals surface area contributed by atoms with Crippen LogP contribution in [0.3, 0.4) is 0 Å². The lowest BCUT2D eigenvalue weighted by Gasteiger charge is -2.14. The highest BCUT2D eigenvalue weighted by Crippen LogP contribution is 2.30. The molecule has 1 amide bonds. The molecule has 174 valence electrons. The van der Waals surface area contributed by atoms with Gasteiger partial charge in [-0.2, -0.15) is 13.2 Å². The number of sulfonamides is 1. The molecule has 3 rings (SSSR count). The van der Waals surface area contributed by atoms with Crippen LogP contribution in [0.4, 0.5) is 18.9 Å². The molecule has 10 heteroatoms. The maximum absolute atomic E-state index is 12.9. The summed E-state index contributed by atoms with van der Waals surface area (Å²) in [5.41, 5.74) is 1.43. The van der Waals surface area contributed by atoms with Gasteiger partial charge in [0, 0.05) is 12.1 Å². The molecule has 0 atom stereocenters. The molecule has 0 saturated heterocycles. The Hall–Kier alpha value is -3.04. The minimum Gasteiger partial charge on any atom is -0.348 e. The minimum atomic E-state index is -4.50. The first-order valence-corrected chi connectivity index (χ1v) is 11.6. The Bertz CT molecular complexity index is 1310. The first kappa shape index (κ1) is 24.6. The highest BCUT2D eigenvalue weighted by molar-refractivity contribution is 7.92. The monoisotopic (exact) mass is 496 g/mol. The molecule has 0 radical (unpaired) electrons. The molecule has 3 aromatic rings. The van der Waals surface area contributed by atoms with Gasteiger partial charge in [0.1, 0.15) is 4.90 Å². The summed E-state index contributed by atoms with van der Waals surface area (Å²) in [7, 11) is -4.12. The molecule has 3 aromatic carbocycles. The van der Waals surface area contributed by atoms with Gasteiger partial charge in [0.05, 0.1) is 16.3 Å². The van der Waals surface area contributed by atoms with Crippen LogP contribution in [-0.4, -0.2) is 14.3 Å². The lowest BCUT2D eigenvalue weighted by atomic mass is 10.1. The van der Waals surface area contributed by atoms with Crippen LogP contribution in [0.1, 0.15) is 32.6 Å². The van der Waals surface area contributed by atoms with Crippen molar-refractivity contribution in [2.45, 2.75) is 31.5 Å². The first-order chi connectivity index (χ1) is 15.4. The van der Waals surface area contributed by atoms with E-state index in [-0.39, 0.29) is 27.6 Å². The molecule has 5 nitrogen and oxygen atoms in total. The Morgan fingerprint density at radius 3 is 2.39 bits per heavy atom. The van der Waals surface area contributed by atoms with Gasteiger partial charge in [0.2, 0.25) is 0 Å². The van der Waals surface area contributed by atoms with E-state index in [0.29, 0.717) is 5.69 Å². The second kappa shape index (κ2) is 9.44. The third-order valence-corrected chi connectivity index (χ3v) is 6.89. The van der Waals surface area contributed by atoms with Crippen LogP contribution in [-0.2, 0) is 22.7 Å². The normalized spacial score (nSPS) is 11.8. The number of rotatable bonds is 6. The van der Waals surface area contributed by atoms with Gasteiger partial charge in [-0.15, -0.1) is 0 Å². The highest BCUT2D eigenvalue weighted by Gasteiger charge is 2.30. The van der Waals surface area contributed by atoms with Crippen LogP contribution in [0.5, 0.6) is 0 Å². The van der Waals surface area contributed by atoms with Crippen molar-refractivity contribution >= 4 is 33.2 Å². The Labute approximate surface area is 194 Å². The van der Waals surface area contributed by atoms with Gasteiger partial charge < -0.3 is 5.32 Å². The number of amides is 1. The zero-order chi connectivity index (χ0) is 24.4. The summed E-state index contributed by atoms with van der Waals surface area (Å²) in [6.07, 6.45) is -4.50. The quantitative estimate of drug-likeness (QED) is 0.459. The molecule has 0 fully saturated rings. The number of hydrogen-bond acceptors (Lipinski definition) is 3. The maximum atomic E-state index is 12.9. The van der Waals surface area contributed by atoms with Crippen molar-refractivity contribution in [1.29, 1.82) is 0 Å². The summed E-state index contributed by atoms with van der Waals surface area (Å²) in [6.45, 7) is 3.44. The number of benzene rings is 3. The van der Waals surface area contributed by atoms with Crippen LogP contribution in [0.2, 0.25) is 5.02 Å². The Kier molecular flexibility index (Phi) is 7.04. The van der Waals surface area contributed by atoms with Crippen LogP contribution in [0, 0.1) is 13.8 Å². The van der Waals surface area contributed by atoms with Crippen LogP contribution in [0.25, 0.3) is 0 Å². The average molecular weight is 497 g/mol. The van der Waals surface area contributed by atoms with Crippen molar-refractivity contribution in [3.8, 4) is 0 Å². The fourth-order valence-corrected chi connectivity index (χ4v) is 4.70. The largest absolute Gasteiger partial charge is 0.416 e. The molecule has 0 bridgehead atoms. The number of halogens is 4. The van der Waals surface area contributed by atoms with Crippen molar-refractivity contribution in [2.24, 2.45) is 0 Å². The molecule has 0 aliphatic heterocycles. The summed E-state index contributed by atoms with van der Waals surface area (Å²) >= 11 is 6.10. The second-order valence-corrected chi connectivity index (χ2v) is 9.44. The predicted octanol–water partition coefficient (Wildman–Crippen LogP) is 5.71. The summed E-state index contributed by atoms with van der Waals surface area (Å²) < 4.78 is 67.0. The van der Waals surface area contributed by atoms with Crippen molar-refractivity contribution < 1.29 is 26.4 Å². The van der Waals surface area contributed by atoms with Crippen molar-refractivity contribution in [3.05, 3.63) is 93.5 Å². The maximum Gasteiger partial charge on any atom is 0.416 e. The van der Waals surface area contributed by atoms with Crippen LogP contribution in [0.15, 0.2) is 65.6 Å². The molecular weight excluding hydrogens is 477 g/mol. The summed E-state index contributed by atoms with van der Waals surface area (Å²) in [4.78, 5) is 12.3. The number of carbonyl (C=O) groups excluding carboxylic acids is 1. The molecule has 0 heterocycles. The molecular formula is C23H20ClF3N2O3S. The number of carbonyl (C=O) groups is 1. The number of nitrogens with one attached hydrogen (secondary N) is 2. The predicted molar refractivity (Wildman–Crippen MR) is 121 cm³/mol. The van der Waals surface area contributed by atoms with E-state index in [9.17, 15) is 26.4 Å². The Morgan fingerprint density at radius 1 is 1.00 bits per heavy atom. The molecule has 0 unspecified atom stereocenters. The molecule has 0 spiro atoms. The van der Waals surface area contributed by atoms with E-state index in [2.05, 4.69) is 10.0 Å². The van der Waals surface area contributed by atoms with Gasteiger partial charge in [0.15, 0.2) is 0 Å². The van der Waals surface area contributed by atoms with Gasteiger partial charge >= 0.3 is 6.18 Å². The summed E-state index contributed by atoms with van der Waals surface area (Å²) in [5.74, 6) is -0.660. The molecule has 33 heavy (non-hydrogen) atoms. The van der Waals surface area contributed by atoms with E-state index in [1.807, 2.05) is 13.0 Å². The van der Waals surface area contributed by atoms with E-state index < -0.39 is 27.7 Å². The fraction of sp³-hybridized carbons (Fsp3) is 0.174. The first-order valence-electron chi connectivity index (χ1n) is 9.71. The van der Waals surface area contributed by atoms with Gasteiger partial charge in [-0.25, -0.2) is 8.42 Å². The third-order valence-electron chi connectivity index (χ3n) is 5.04. The van der Waals surface area contributed by atoms with E-state index >= 15 is 0 Å². The van der Waals surface area contributed by atoms with Crippen molar-refractivity contribution in [1.82, 2.24) is 5.32 Å². The van der Waals surface area contributed by atoms with E-state index in [4.69, 9.17) is 11.6 Å². The molecule has 0 aliphatic carbocycles.